The number of anilines is 1. The zero-order chi connectivity index (χ0) is 17.5. The molecule has 0 unspecified atom stereocenters. The van der Waals surface area contributed by atoms with E-state index in [4.69, 9.17) is 0 Å². The van der Waals surface area contributed by atoms with E-state index in [-0.39, 0.29) is 22.6 Å². The van der Waals surface area contributed by atoms with E-state index < -0.39 is 0 Å². The molecule has 1 aromatic rings. The topological polar surface area (TPSA) is 75.5 Å². The van der Waals surface area contributed by atoms with Crippen molar-refractivity contribution in [3.8, 4) is 0 Å². The molecule has 0 radical (unpaired) electrons. The van der Waals surface area contributed by atoms with E-state index >= 15 is 0 Å². The van der Waals surface area contributed by atoms with Gasteiger partial charge in [0, 0.05) is 30.8 Å². The van der Waals surface area contributed by atoms with Gasteiger partial charge in [-0.1, -0.05) is 26.7 Å². The molecule has 6 heteroatoms. The normalized spacial score (nSPS) is 15.2. The number of nitro groups is 1. The van der Waals surface area contributed by atoms with Crippen LogP contribution in [0.5, 0.6) is 0 Å². The lowest BCUT2D eigenvalue weighted by atomic mass is 10.1. The molecule has 24 heavy (non-hydrogen) atoms. The highest BCUT2D eigenvalue weighted by Crippen LogP contribution is 2.31. The van der Waals surface area contributed by atoms with Gasteiger partial charge in [0.15, 0.2) is 0 Å². The first-order valence-corrected chi connectivity index (χ1v) is 8.91. The number of nitro benzene ring substituents is 1. The number of benzene rings is 1. The van der Waals surface area contributed by atoms with Crippen molar-refractivity contribution in [2.45, 2.75) is 58.4 Å². The van der Waals surface area contributed by atoms with Crippen LogP contribution in [0.15, 0.2) is 18.2 Å². The van der Waals surface area contributed by atoms with E-state index in [0.717, 1.165) is 38.8 Å². The molecule has 0 bridgehead atoms. The molecule has 1 aliphatic rings. The Labute approximate surface area is 143 Å². The lowest BCUT2D eigenvalue weighted by Gasteiger charge is -2.22. The Hall–Kier alpha value is -2.11. The molecule has 1 aliphatic heterocycles. The van der Waals surface area contributed by atoms with Crippen molar-refractivity contribution in [3.05, 3.63) is 33.9 Å². The molecule has 0 aromatic heterocycles. The summed E-state index contributed by atoms with van der Waals surface area (Å²) in [6.07, 6.45) is 6.12. The van der Waals surface area contributed by atoms with Crippen LogP contribution in [0.1, 0.15) is 62.7 Å². The zero-order valence-electron chi connectivity index (χ0n) is 14.6. The lowest BCUT2D eigenvalue weighted by Crippen LogP contribution is -2.34. The van der Waals surface area contributed by atoms with Gasteiger partial charge in [0.1, 0.15) is 5.69 Å². The van der Waals surface area contributed by atoms with Crippen LogP contribution < -0.4 is 10.2 Å². The Kier molecular flexibility index (Phi) is 6.58. The fourth-order valence-electron chi connectivity index (χ4n) is 3.15. The summed E-state index contributed by atoms with van der Waals surface area (Å²) in [5.74, 6) is -0.241. The lowest BCUT2D eigenvalue weighted by molar-refractivity contribution is -0.384. The summed E-state index contributed by atoms with van der Waals surface area (Å²) < 4.78 is 0. The number of carbonyl (C=O) groups is 1. The summed E-state index contributed by atoms with van der Waals surface area (Å²) in [7, 11) is 0. The first-order chi connectivity index (χ1) is 11.6. The van der Waals surface area contributed by atoms with Crippen LogP contribution in [0.2, 0.25) is 0 Å². The standard InChI is InChI=1S/C18H27N3O3/c1-3-15(4-2)19-18(22)14-9-10-16(17(13-14)21(23)24)20-11-7-5-6-8-12-20/h9-10,13,15H,3-8,11-12H2,1-2H3,(H,19,22). The predicted octanol–water partition coefficient (Wildman–Crippen LogP) is 3.89. The van der Waals surface area contributed by atoms with Gasteiger partial charge in [-0.15, -0.1) is 0 Å². The van der Waals surface area contributed by atoms with Gasteiger partial charge in [0.2, 0.25) is 0 Å². The highest BCUT2D eigenvalue weighted by atomic mass is 16.6. The van der Waals surface area contributed by atoms with Crippen molar-refractivity contribution in [1.29, 1.82) is 0 Å². The third-order valence-electron chi connectivity index (χ3n) is 4.70. The van der Waals surface area contributed by atoms with Gasteiger partial charge in [-0.3, -0.25) is 14.9 Å². The van der Waals surface area contributed by atoms with E-state index in [1.54, 1.807) is 12.1 Å². The minimum Gasteiger partial charge on any atom is -0.366 e. The molecule has 2 rings (SSSR count). The molecule has 1 N–H and O–H groups in total. The maximum absolute atomic E-state index is 12.3. The molecule has 1 amide bonds. The largest absolute Gasteiger partial charge is 0.366 e. The molecule has 132 valence electrons. The first-order valence-electron chi connectivity index (χ1n) is 8.91. The van der Waals surface area contributed by atoms with Crippen molar-refractivity contribution < 1.29 is 9.72 Å². The molecule has 1 saturated heterocycles. The van der Waals surface area contributed by atoms with Crippen molar-refractivity contribution in [1.82, 2.24) is 5.32 Å². The number of carbonyl (C=O) groups excluding carboxylic acids is 1. The second-order valence-electron chi connectivity index (χ2n) is 6.35. The van der Waals surface area contributed by atoms with Crippen LogP contribution in [0, 0.1) is 10.1 Å². The Morgan fingerprint density at radius 2 is 1.83 bits per heavy atom. The van der Waals surface area contributed by atoms with Crippen molar-refractivity contribution >= 4 is 17.3 Å². The average Bonchev–Trinajstić information content (AvgIpc) is 2.88. The molecule has 0 aliphatic carbocycles. The van der Waals surface area contributed by atoms with Gasteiger partial charge >= 0.3 is 0 Å². The van der Waals surface area contributed by atoms with E-state index in [1.165, 1.54) is 18.9 Å². The predicted molar refractivity (Wildman–Crippen MR) is 95.6 cm³/mol. The summed E-state index contributed by atoms with van der Waals surface area (Å²) in [4.78, 5) is 25.5. The summed E-state index contributed by atoms with van der Waals surface area (Å²) in [5, 5.41) is 14.4. The van der Waals surface area contributed by atoms with Crippen molar-refractivity contribution in [2.24, 2.45) is 0 Å². The Morgan fingerprint density at radius 3 is 2.38 bits per heavy atom. The number of hydrogen-bond acceptors (Lipinski definition) is 4. The first kappa shape index (κ1) is 18.2. The second-order valence-corrected chi connectivity index (χ2v) is 6.35. The molecule has 1 heterocycles. The Bertz CT molecular complexity index is 577. The second kappa shape index (κ2) is 8.66. The van der Waals surface area contributed by atoms with Gasteiger partial charge in [-0.25, -0.2) is 0 Å². The molecule has 6 nitrogen and oxygen atoms in total. The summed E-state index contributed by atoms with van der Waals surface area (Å²) >= 11 is 0. The smallest absolute Gasteiger partial charge is 0.293 e. The van der Waals surface area contributed by atoms with Crippen LogP contribution >= 0.6 is 0 Å². The maximum Gasteiger partial charge on any atom is 0.293 e. The fraction of sp³-hybridized carbons (Fsp3) is 0.611. The Balaban J connectivity index is 2.25. The molecule has 0 spiro atoms. The van der Waals surface area contributed by atoms with Crippen LogP contribution in [0.25, 0.3) is 0 Å². The minimum absolute atomic E-state index is 0.0223. The molecule has 1 aromatic carbocycles. The molecule has 0 saturated carbocycles. The molecule has 0 atom stereocenters. The molecular formula is C18H27N3O3. The Morgan fingerprint density at radius 1 is 1.21 bits per heavy atom. The average molecular weight is 333 g/mol. The number of rotatable bonds is 6. The fourth-order valence-corrected chi connectivity index (χ4v) is 3.15. The van der Waals surface area contributed by atoms with E-state index in [9.17, 15) is 14.9 Å². The third kappa shape index (κ3) is 4.46. The van der Waals surface area contributed by atoms with Gasteiger partial charge < -0.3 is 10.2 Å². The van der Waals surface area contributed by atoms with Crippen LogP contribution in [0.4, 0.5) is 11.4 Å². The van der Waals surface area contributed by atoms with Gasteiger partial charge in [-0.05, 0) is 37.8 Å². The SMILES string of the molecule is CCC(CC)NC(=O)c1ccc(N2CCCCCC2)c([N+](=O)[O-])c1. The minimum atomic E-state index is -0.381. The molecular weight excluding hydrogens is 306 g/mol. The highest BCUT2D eigenvalue weighted by molar-refractivity contribution is 5.96. The summed E-state index contributed by atoms with van der Waals surface area (Å²) in [5.41, 5.74) is 1.00. The van der Waals surface area contributed by atoms with Crippen LogP contribution in [-0.2, 0) is 0 Å². The van der Waals surface area contributed by atoms with Gasteiger partial charge in [-0.2, -0.15) is 0 Å². The number of amides is 1. The highest BCUT2D eigenvalue weighted by Gasteiger charge is 2.23. The number of nitrogens with zero attached hydrogens (tertiary/aromatic N) is 2. The summed E-state index contributed by atoms with van der Waals surface area (Å²) in [6.45, 7) is 5.69. The number of hydrogen-bond donors (Lipinski definition) is 1. The zero-order valence-corrected chi connectivity index (χ0v) is 14.6. The van der Waals surface area contributed by atoms with Gasteiger partial charge in [0.25, 0.3) is 11.6 Å². The third-order valence-corrected chi connectivity index (χ3v) is 4.70. The quantitative estimate of drug-likeness (QED) is 0.633. The number of nitrogens with one attached hydrogen (secondary N) is 1. The van der Waals surface area contributed by atoms with Gasteiger partial charge in [0.05, 0.1) is 4.92 Å². The van der Waals surface area contributed by atoms with Crippen LogP contribution in [0.3, 0.4) is 0 Å². The van der Waals surface area contributed by atoms with Crippen molar-refractivity contribution in [3.63, 3.8) is 0 Å². The van der Waals surface area contributed by atoms with Crippen molar-refractivity contribution in [2.75, 3.05) is 18.0 Å². The monoisotopic (exact) mass is 333 g/mol. The summed E-state index contributed by atoms with van der Waals surface area (Å²) in [6, 6.07) is 4.94. The maximum atomic E-state index is 12.3. The molecule has 1 fully saturated rings. The van der Waals surface area contributed by atoms with E-state index in [1.807, 2.05) is 13.8 Å². The van der Waals surface area contributed by atoms with E-state index in [0.29, 0.717) is 11.3 Å². The van der Waals surface area contributed by atoms with E-state index in [2.05, 4.69) is 10.2 Å². The van der Waals surface area contributed by atoms with Crippen LogP contribution in [-0.4, -0.2) is 30.0 Å².